The van der Waals surface area contributed by atoms with Crippen LogP contribution in [0.2, 0.25) is 0 Å². The predicted molar refractivity (Wildman–Crippen MR) is 70.9 cm³/mol. The summed E-state index contributed by atoms with van der Waals surface area (Å²) in [6.07, 6.45) is 4.27. The Hall–Kier alpha value is -1.06. The highest BCUT2D eigenvalue weighted by Gasteiger charge is 2.27. The molecule has 1 aliphatic rings. The summed E-state index contributed by atoms with van der Waals surface area (Å²) in [6, 6.07) is 8.07. The lowest BCUT2D eigenvalue weighted by molar-refractivity contribution is 0.0110. The summed E-state index contributed by atoms with van der Waals surface area (Å²) in [6.45, 7) is 1.46. The smallest absolute Gasteiger partial charge is 0.118 e. The number of ether oxygens (including phenoxy) is 2. The van der Waals surface area contributed by atoms with Crippen LogP contribution in [0, 0.1) is 0 Å². The van der Waals surface area contributed by atoms with Crippen molar-refractivity contribution in [2.75, 3.05) is 20.3 Å². The zero-order valence-electron chi connectivity index (χ0n) is 11.0. The van der Waals surface area contributed by atoms with E-state index in [0.29, 0.717) is 6.61 Å². The van der Waals surface area contributed by atoms with Crippen LogP contribution in [-0.4, -0.2) is 31.0 Å². The van der Waals surface area contributed by atoms with Crippen LogP contribution in [0.25, 0.3) is 0 Å². The topological polar surface area (TPSA) is 38.7 Å². The van der Waals surface area contributed by atoms with E-state index in [-0.39, 0.29) is 0 Å². The fourth-order valence-electron chi connectivity index (χ4n) is 2.41. The monoisotopic (exact) mass is 250 g/mol. The Balaban J connectivity index is 1.88. The number of methoxy groups -OCH3 is 1. The van der Waals surface area contributed by atoms with E-state index in [4.69, 9.17) is 9.47 Å². The van der Waals surface area contributed by atoms with Crippen LogP contribution < -0.4 is 4.74 Å². The molecule has 1 fully saturated rings. The maximum atomic E-state index is 10.5. The van der Waals surface area contributed by atoms with E-state index in [2.05, 4.69) is 12.1 Å². The van der Waals surface area contributed by atoms with E-state index in [0.717, 1.165) is 44.5 Å². The van der Waals surface area contributed by atoms with E-state index in [9.17, 15) is 5.11 Å². The summed E-state index contributed by atoms with van der Waals surface area (Å²) >= 11 is 0. The van der Waals surface area contributed by atoms with E-state index in [1.165, 1.54) is 5.56 Å². The van der Waals surface area contributed by atoms with Gasteiger partial charge in [-0.1, -0.05) is 12.1 Å². The molecule has 1 aromatic carbocycles. The first-order chi connectivity index (χ1) is 8.72. The molecule has 1 saturated heterocycles. The predicted octanol–water partition coefficient (Wildman–Crippen LogP) is 2.56. The maximum absolute atomic E-state index is 10.5. The van der Waals surface area contributed by atoms with Crippen LogP contribution in [0.15, 0.2) is 24.3 Å². The zero-order valence-corrected chi connectivity index (χ0v) is 11.0. The van der Waals surface area contributed by atoms with Crippen LogP contribution in [0.4, 0.5) is 0 Å². The van der Waals surface area contributed by atoms with E-state index >= 15 is 0 Å². The summed E-state index contributed by atoms with van der Waals surface area (Å²) in [5.74, 6) is 0.875. The Morgan fingerprint density at radius 2 is 2.00 bits per heavy atom. The molecule has 0 amide bonds. The van der Waals surface area contributed by atoms with Gasteiger partial charge < -0.3 is 14.6 Å². The Morgan fingerprint density at radius 3 is 2.72 bits per heavy atom. The first kappa shape index (κ1) is 13.4. The van der Waals surface area contributed by atoms with Gasteiger partial charge in [-0.25, -0.2) is 0 Å². The average Bonchev–Trinajstić information content (AvgIpc) is 2.62. The maximum Gasteiger partial charge on any atom is 0.118 e. The molecular formula is C15H22O3. The molecule has 0 radical (unpaired) electrons. The Morgan fingerprint density at radius 1 is 1.22 bits per heavy atom. The van der Waals surface area contributed by atoms with Gasteiger partial charge in [-0.2, -0.15) is 0 Å². The van der Waals surface area contributed by atoms with Crippen molar-refractivity contribution in [3.63, 3.8) is 0 Å². The van der Waals surface area contributed by atoms with Gasteiger partial charge in [0.15, 0.2) is 0 Å². The van der Waals surface area contributed by atoms with Gasteiger partial charge >= 0.3 is 0 Å². The molecule has 0 saturated carbocycles. The summed E-state index contributed by atoms with van der Waals surface area (Å²) in [5, 5.41) is 10.5. The molecule has 3 heteroatoms. The number of hydrogen-bond donors (Lipinski definition) is 1. The molecule has 0 aromatic heterocycles. The van der Waals surface area contributed by atoms with E-state index < -0.39 is 5.60 Å². The minimum atomic E-state index is -0.545. The van der Waals surface area contributed by atoms with Crippen LogP contribution in [0.3, 0.4) is 0 Å². The molecule has 3 nitrogen and oxygen atoms in total. The number of benzene rings is 1. The molecule has 2 rings (SSSR count). The van der Waals surface area contributed by atoms with Crippen molar-refractivity contribution >= 4 is 0 Å². The fourth-order valence-corrected chi connectivity index (χ4v) is 2.41. The molecular weight excluding hydrogens is 228 g/mol. The van der Waals surface area contributed by atoms with Gasteiger partial charge in [-0.3, -0.25) is 0 Å². The van der Waals surface area contributed by atoms with Gasteiger partial charge in [0.2, 0.25) is 0 Å². The largest absolute Gasteiger partial charge is 0.497 e. The minimum Gasteiger partial charge on any atom is -0.497 e. The SMILES string of the molecule is COc1ccc(CCC2(O)CCCOCC2)cc1. The second kappa shape index (κ2) is 6.21. The molecule has 1 unspecified atom stereocenters. The van der Waals surface area contributed by atoms with Crippen molar-refractivity contribution in [2.45, 2.75) is 37.7 Å². The van der Waals surface area contributed by atoms with Crippen molar-refractivity contribution in [1.29, 1.82) is 0 Å². The van der Waals surface area contributed by atoms with E-state index in [1.807, 2.05) is 12.1 Å². The van der Waals surface area contributed by atoms with Crippen LogP contribution in [-0.2, 0) is 11.2 Å². The van der Waals surface area contributed by atoms with Crippen molar-refractivity contribution in [3.8, 4) is 5.75 Å². The Bertz CT molecular complexity index is 351. The molecule has 1 aromatic rings. The molecule has 0 bridgehead atoms. The minimum absolute atomic E-state index is 0.545. The number of rotatable bonds is 4. The second-order valence-electron chi connectivity index (χ2n) is 5.04. The molecule has 1 atom stereocenters. The third kappa shape index (κ3) is 3.72. The van der Waals surface area contributed by atoms with Crippen molar-refractivity contribution in [3.05, 3.63) is 29.8 Å². The van der Waals surface area contributed by atoms with Crippen molar-refractivity contribution < 1.29 is 14.6 Å². The van der Waals surface area contributed by atoms with E-state index in [1.54, 1.807) is 7.11 Å². The summed E-state index contributed by atoms with van der Waals surface area (Å²) < 4.78 is 10.5. The summed E-state index contributed by atoms with van der Waals surface area (Å²) in [4.78, 5) is 0. The van der Waals surface area contributed by atoms with Gasteiger partial charge in [0, 0.05) is 13.2 Å². The highest BCUT2D eigenvalue weighted by atomic mass is 16.5. The first-order valence-electron chi connectivity index (χ1n) is 6.65. The highest BCUT2D eigenvalue weighted by molar-refractivity contribution is 5.27. The molecule has 1 heterocycles. The molecule has 0 aliphatic carbocycles. The Kier molecular flexibility index (Phi) is 4.61. The lowest BCUT2D eigenvalue weighted by Crippen LogP contribution is -2.29. The number of hydrogen-bond acceptors (Lipinski definition) is 3. The summed E-state index contributed by atoms with van der Waals surface area (Å²) in [7, 11) is 1.67. The summed E-state index contributed by atoms with van der Waals surface area (Å²) in [5.41, 5.74) is 0.700. The Labute approximate surface area is 109 Å². The molecule has 18 heavy (non-hydrogen) atoms. The number of aryl methyl sites for hydroxylation is 1. The number of aliphatic hydroxyl groups is 1. The highest BCUT2D eigenvalue weighted by Crippen LogP contribution is 2.26. The average molecular weight is 250 g/mol. The molecule has 100 valence electrons. The molecule has 0 spiro atoms. The fraction of sp³-hybridized carbons (Fsp3) is 0.600. The normalized spacial score (nSPS) is 24.6. The zero-order chi connectivity index (χ0) is 12.8. The van der Waals surface area contributed by atoms with Crippen LogP contribution in [0.1, 0.15) is 31.2 Å². The first-order valence-corrected chi connectivity index (χ1v) is 6.65. The van der Waals surface area contributed by atoms with Crippen LogP contribution >= 0.6 is 0 Å². The van der Waals surface area contributed by atoms with Gasteiger partial charge in [-0.15, -0.1) is 0 Å². The standard InChI is InChI=1S/C15H22O3/c1-17-14-5-3-13(4-6-14)7-9-15(16)8-2-11-18-12-10-15/h3-6,16H,2,7-12H2,1H3. The van der Waals surface area contributed by atoms with Crippen molar-refractivity contribution in [1.82, 2.24) is 0 Å². The molecule has 1 aliphatic heterocycles. The lowest BCUT2D eigenvalue weighted by Gasteiger charge is -2.25. The third-order valence-electron chi connectivity index (χ3n) is 3.68. The third-order valence-corrected chi connectivity index (χ3v) is 3.68. The molecule has 1 N–H and O–H groups in total. The van der Waals surface area contributed by atoms with Gasteiger partial charge in [-0.05, 0) is 49.8 Å². The van der Waals surface area contributed by atoms with Gasteiger partial charge in [0.05, 0.1) is 12.7 Å². The van der Waals surface area contributed by atoms with Crippen LogP contribution in [0.5, 0.6) is 5.75 Å². The quantitative estimate of drug-likeness (QED) is 0.892. The van der Waals surface area contributed by atoms with Gasteiger partial charge in [0.25, 0.3) is 0 Å². The second-order valence-corrected chi connectivity index (χ2v) is 5.04. The lowest BCUT2D eigenvalue weighted by atomic mass is 9.88. The van der Waals surface area contributed by atoms with Gasteiger partial charge in [0.1, 0.15) is 5.75 Å². The van der Waals surface area contributed by atoms with Crippen molar-refractivity contribution in [2.24, 2.45) is 0 Å².